The third-order valence-corrected chi connectivity index (χ3v) is 4.82. The van der Waals surface area contributed by atoms with Crippen molar-refractivity contribution in [2.45, 2.75) is 25.8 Å². The molecular weight excluding hydrogens is 336 g/mol. The van der Waals surface area contributed by atoms with Gasteiger partial charge in [-0.1, -0.05) is 0 Å². The van der Waals surface area contributed by atoms with Crippen LogP contribution in [0.15, 0.2) is 35.1 Å². The summed E-state index contributed by atoms with van der Waals surface area (Å²) < 4.78 is 1.18. The van der Waals surface area contributed by atoms with Gasteiger partial charge in [0.05, 0.1) is 16.8 Å². The highest BCUT2D eigenvalue weighted by atomic mass is 16.2. The molecule has 0 spiro atoms. The summed E-state index contributed by atoms with van der Waals surface area (Å²) in [7, 11) is 0. The summed E-state index contributed by atoms with van der Waals surface area (Å²) in [5.74, 6) is -1.27. The number of nitrogens with one attached hydrogen (secondary N) is 1. The van der Waals surface area contributed by atoms with Gasteiger partial charge in [-0.15, -0.1) is 0 Å². The molecule has 2 aliphatic rings. The van der Waals surface area contributed by atoms with Gasteiger partial charge in [-0.05, 0) is 37.6 Å². The number of fused-ring (bicyclic) bond motifs is 1. The van der Waals surface area contributed by atoms with Crippen molar-refractivity contribution in [2.24, 2.45) is 0 Å². The van der Waals surface area contributed by atoms with Crippen molar-refractivity contribution in [3.63, 3.8) is 0 Å². The minimum atomic E-state index is -0.627. The molecule has 1 unspecified atom stereocenters. The first kappa shape index (κ1) is 16.1. The third kappa shape index (κ3) is 2.22. The Hall–Kier alpha value is -3.42. The molecule has 2 aromatic rings. The second-order valence-corrected chi connectivity index (χ2v) is 6.44. The standard InChI is InChI=1S/C18H16N4O4/c1-9-2-7-13(23)21(9)10-3-5-11(6-4-10)22-14(24)8-12-15(16(22)19)18(26)20-17(12)25/h3-6,8-9H,2,7,19H2,1H3,(H,20,25,26). The normalized spacial score (nSPS) is 19.0. The lowest BCUT2D eigenvalue weighted by molar-refractivity contribution is -0.117. The summed E-state index contributed by atoms with van der Waals surface area (Å²) in [4.78, 5) is 49.8. The maximum Gasteiger partial charge on any atom is 0.262 e. The minimum absolute atomic E-state index is 0.00187. The Morgan fingerprint density at radius 1 is 1.04 bits per heavy atom. The molecule has 3 heterocycles. The van der Waals surface area contributed by atoms with Crippen molar-refractivity contribution in [3.8, 4) is 5.69 Å². The molecule has 8 nitrogen and oxygen atoms in total. The van der Waals surface area contributed by atoms with Crippen molar-refractivity contribution in [1.82, 2.24) is 9.88 Å². The predicted molar refractivity (Wildman–Crippen MR) is 94.4 cm³/mol. The van der Waals surface area contributed by atoms with Crippen LogP contribution in [0.25, 0.3) is 5.69 Å². The van der Waals surface area contributed by atoms with E-state index in [1.165, 1.54) is 4.57 Å². The van der Waals surface area contributed by atoms with Crippen molar-refractivity contribution in [1.29, 1.82) is 0 Å². The smallest absolute Gasteiger partial charge is 0.262 e. The van der Waals surface area contributed by atoms with Gasteiger partial charge in [0.2, 0.25) is 5.91 Å². The lowest BCUT2D eigenvalue weighted by Crippen LogP contribution is -2.30. The lowest BCUT2D eigenvalue weighted by atomic mass is 10.1. The third-order valence-electron chi connectivity index (χ3n) is 4.82. The minimum Gasteiger partial charge on any atom is -0.384 e. The average Bonchev–Trinajstić information content (AvgIpc) is 3.07. The maximum absolute atomic E-state index is 12.4. The van der Waals surface area contributed by atoms with E-state index >= 15 is 0 Å². The van der Waals surface area contributed by atoms with Gasteiger partial charge in [-0.3, -0.25) is 29.1 Å². The molecule has 1 aromatic heterocycles. The van der Waals surface area contributed by atoms with Crippen LogP contribution in [0.5, 0.6) is 0 Å². The van der Waals surface area contributed by atoms with Crippen LogP contribution in [0, 0.1) is 0 Å². The summed E-state index contributed by atoms with van der Waals surface area (Å²) in [6.45, 7) is 1.98. The molecule has 1 atom stereocenters. The van der Waals surface area contributed by atoms with Crippen LogP contribution < -0.4 is 21.5 Å². The molecule has 0 radical (unpaired) electrons. The van der Waals surface area contributed by atoms with E-state index in [9.17, 15) is 19.2 Å². The number of hydrogen-bond donors (Lipinski definition) is 2. The Balaban J connectivity index is 1.79. The van der Waals surface area contributed by atoms with Crippen LogP contribution in [0.1, 0.15) is 40.5 Å². The number of carbonyl (C=O) groups excluding carboxylic acids is 3. The number of rotatable bonds is 2. The van der Waals surface area contributed by atoms with Crippen LogP contribution in [0.2, 0.25) is 0 Å². The second kappa shape index (κ2) is 5.55. The zero-order chi connectivity index (χ0) is 18.6. The number of nitrogen functional groups attached to an aromatic ring is 1. The number of hydrogen-bond acceptors (Lipinski definition) is 5. The Bertz CT molecular complexity index is 1020. The van der Waals surface area contributed by atoms with Crippen molar-refractivity contribution in [3.05, 3.63) is 51.8 Å². The van der Waals surface area contributed by atoms with Crippen molar-refractivity contribution in [2.75, 3.05) is 10.6 Å². The summed E-state index contributed by atoms with van der Waals surface area (Å²) in [6, 6.07) is 8.01. The quantitative estimate of drug-likeness (QED) is 0.777. The van der Waals surface area contributed by atoms with E-state index in [0.29, 0.717) is 12.1 Å². The molecule has 3 amide bonds. The monoisotopic (exact) mass is 352 g/mol. The summed E-state index contributed by atoms with van der Waals surface area (Å²) in [5, 5.41) is 2.13. The molecular formula is C18H16N4O4. The molecule has 0 saturated carbocycles. The first-order chi connectivity index (χ1) is 12.4. The highest BCUT2D eigenvalue weighted by Crippen LogP contribution is 2.28. The zero-order valence-corrected chi connectivity index (χ0v) is 14.0. The Labute approximate surface area is 148 Å². The highest BCUT2D eigenvalue weighted by Gasteiger charge is 2.32. The summed E-state index contributed by atoms with van der Waals surface area (Å²) in [6.07, 6.45) is 1.32. The molecule has 0 aliphatic carbocycles. The van der Waals surface area contributed by atoms with Gasteiger partial charge < -0.3 is 10.6 Å². The number of pyridine rings is 1. The summed E-state index contributed by atoms with van der Waals surface area (Å²) in [5.41, 5.74) is 6.68. The fourth-order valence-electron chi connectivity index (χ4n) is 3.53. The number of nitrogens with zero attached hydrogens (tertiary/aromatic N) is 2. The van der Waals surface area contributed by atoms with Gasteiger partial charge in [0, 0.05) is 24.2 Å². The van der Waals surface area contributed by atoms with E-state index in [1.807, 2.05) is 6.92 Å². The van der Waals surface area contributed by atoms with E-state index in [4.69, 9.17) is 5.73 Å². The average molecular weight is 352 g/mol. The number of amides is 3. The molecule has 1 aromatic carbocycles. The number of anilines is 2. The Morgan fingerprint density at radius 3 is 2.31 bits per heavy atom. The largest absolute Gasteiger partial charge is 0.384 e. The van der Waals surface area contributed by atoms with Gasteiger partial charge in [0.25, 0.3) is 17.4 Å². The van der Waals surface area contributed by atoms with E-state index in [-0.39, 0.29) is 28.9 Å². The molecule has 3 N–H and O–H groups in total. The number of imide groups is 1. The molecule has 26 heavy (non-hydrogen) atoms. The van der Waals surface area contributed by atoms with Gasteiger partial charge in [-0.2, -0.15) is 0 Å². The SMILES string of the molecule is CC1CCC(=O)N1c1ccc(-n2c(N)c3c(cc2=O)C(=O)NC3=O)cc1. The van der Waals surface area contributed by atoms with Crippen LogP contribution >= 0.6 is 0 Å². The van der Waals surface area contributed by atoms with Gasteiger partial charge in [-0.25, -0.2) is 0 Å². The molecule has 132 valence electrons. The summed E-state index contributed by atoms with van der Waals surface area (Å²) >= 11 is 0. The van der Waals surface area contributed by atoms with Crippen molar-refractivity contribution < 1.29 is 14.4 Å². The number of carbonyl (C=O) groups is 3. The fraction of sp³-hybridized carbons (Fsp3) is 0.222. The zero-order valence-electron chi connectivity index (χ0n) is 14.0. The van der Waals surface area contributed by atoms with Crippen molar-refractivity contribution >= 4 is 29.2 Å². The van der Waals surface area contributed by atoms with E-state index in [0.717, 1.165) is 18.2 Å². The van der Waals surface area contributed by atoms with Crippen LogP contribution in [-0.4, -0.2) is 28.3 Å². The van der Waals surface area contributed by atoms with Crippen LogP contribution in [-0.2, 0) is 4.79 Å². The fourth-order valence-corrected chi connectivity index (χ4v) is 3.53. The number of benzene rings is 1. The van der Waals surface area contributed by atoms with E-state index in [1.54, 1.807) is 29.2 Å². The van der Waals surface area contributed by atoms with Gasteiger partial charge in [0.15, 0.2) is 0 Å². The predicted octanol–water partition coefficient (Wildman–Crippen LogP) is 0.819. The molecule has 0 bridgehead atoms. The molecule has 4 rings (SSSR count). The molecule has 1 fully saturated rings. The molecule has 1 saturated heterocycles. The first-order valence-electron chi connectivity index (χ1n) is 8.22. The Kier molecular flexibility index (Phi) is 3.43. The first-order valence-corrected chi connectivity index (χ1v) is 8.22. The molecule has 2 aliphatic heterocycles. The van der Waals surface area contributed by atoms with Gasteiger partial charge in [0.1, 0.15) is 5.82 Å². The highest BCUT2D eigenvalue weighted by molar-refractivity contribution is 6.23. The number of nitrogens with two attached hydrogens (primary N) is 1. The van der Waals surface area contributed by atoms with Gasteiger partial charge >= 0.3 is 0 Å². The lowest BCUT2D eigenvalue weighted by Gasteiger charge is -2.22. The molecule has 8 heteroatoms. The number of aromatic nitrogens is 1. The maximum atomic E-state index is 12.4. The van der Waals surface area contributed by atoms with Crippen LogP contribution in [0.3, 0.4) is 0 Å². The second-order valence-electron chi connectivity index (χ2n) is 6.44. The Morgan fingerprint density at radius 2 is 1.69 bits per heavy atom. The topological polar surface area (TPSA) is 114 Å². The van der Waals surface area contributed by atoms with E-state index < -0.39 is 17.4 Å². The van der Waals surface area contributed by atoms with E-state index in [2.05, 4.69) is 5.32 Å². The van der Waals surface area contributed by atoms with Crippen LogP contribution in [0.4, 0.5) is 11.5 Å².